The Morgan fingerprint density at radius 3 is 2.78 bits per heavy atom. The molecule has 118 valence electrons. The lowest BCUT2D eigenvalue weighted by Crippen LogP contribution is -2.14. The van der Waals surface area contributed by atoms with Gasteiger partial charge in [0.2, 0.25) is 0 Å². The highest BCUT2D eigenvalue weighted by atomic mass is 32.1. The number of hydrogen-bond acceptors (Lipinski definition) is 4. The fourth-order valence-corrected chi connectivity index (χ4v) is 3.26. The summed E-state index contributed by atoms with van der Waals surface area (Å²) in [6.07, 6.45) is 0.993. The van der Waals surface area contributed by atoms with Crippen LogP contribution in [0.2, 0.25) is 0 Å². The monoisotopic (exact) mass is 325 g/mol. The van der Waals surface area contributed by atoms with E-state index < -0.39 is 0 Å². The number of nitrogens with zero attached hydrogens (tertiary/aromatic N) is 2. The number of nitrogens with one attached hydrogen (secondary N) is 1. The number of fused-ring (bicyclic) bond motifs is 1. The summed E-state index contributed by atoms with van der Waals surface area (Å²) >= 11 is 1.51. The summed E-state index contributed by atoms with van der Waals surface area (Å²) in [4.78, 5) is 18.9. The Bertz CT molecular complexity index is 854. The predicted octanol–water partition coefficient (Wildman–Crippen LogP) is 4.18. The van der Waals surface area contributed by atoms with Crippen molar-refractivity contribution in [1.29, 1.82) is 0 Å². The summed E-state index contributed by atoms with van der Waals surface area (Å²) in [5.74, 6) is -0.136. The quantitative estimate of drug-likeness (QED) is 0.783. The maximum atomic E-state index is 12.4. The van der Waals surface area contributed by atoms with E-state index in [-0.39, 0.29) is 5.91 Å². The number of hydrogen-bond donors (Lipinski definition) is 1. The van der Waals surface area contributed by atoms with Gasteiger partial charge in [-0.25, -0.2) is 4.98 Å². The number of benzene rings is 2. The number of anilines is 2. The van der Waals surface area contributed by atoms with Crippen LogP contribution in [-0.4, -0.2) is 25.0 Å². The van der Waals surface area contributed by atoms with Crippen molar-refractivity contribution < 1.29 is 4.79 Å². The Morgan fingerprint density at radius 2 is 2.04 bits per heavy atom. The van der Waals surface area contributed by atoms with E-state index in [0.29, 0.717) is 10.7 Å². The second-order valence-electron chi connectivity index (χ2n) is 5.57. The first kappa shape index (κ1) is 15.5. The average Bonchev–Trinajstić information content (AvgIpc) is 2.95. The Hall–Kier alpha value is -2.40. The Morgan fingerprint density at radius 1 is 1.22 bits per heavy atom. The van der Waals surface area contributed by atoms with E-state index >= 15 is 0 Å². The van der Waals surface area contributed by atoms with Crippen molar-refractivity contribution in [3.8, 4) is 0 Å². The molecule has 0 saturated heterocycles. The molecule has 1 heterocycles. The van der Waals surface area contributed by atoms with Crippen LogP contribution in [0.25, 0.3) is 10.2 Å². The second-order valence-corrected chi connectivity index (χ2v) is 6.60. The van der Waals surface area contributed by atoms with Crippen molar-refractivity contribution in [2.75, 3.05) is 24.3 Å². The Kier molecular flexibility index (Phi) is 4.30. The maximum absolute atomic E-state index is 12.4. The first-order valence-electron chi connectivity index (χ1n) is 7.55. The van der Waals surface area contributed by atoms with E-state index in [1.165, 1.54) is 16.9 Å². The minimum Gasteiger partial charge on any atom is -0.378 e. The molecule has 1 N–H and O–H groups in total. The van der Waals surface area contributed by atoms with E-state index in [1.807, 2.05) is 49.3 Å². The number of carbonyl (C=O) groups excluding carboxylic acids is 1. The molecule has 5 heteroatoms. The maximum Gasteiger partial charge on any atom is 0.257 e. The lowest BCUT2D eigenvalue weighted by Gasteiger charge is -2.13. The molecule has 0 spiro atoms. The molecule has 3 aromatic rings. The number of carbonyl (C=O) groups is 1. The SMILES string of the molecule is CCc1ccc2nc(NC(=O)c3cccc(N(C)C)c3)sc2c1. The summed E-state index contributed by atoms with van der Waals surface area (Å²) < 4.78 is 1.10. The molecule has 4 nitrogen and oxygen atoms in total. The molecular formula is C18H19N3OS. The van der Waals surface area contributed by atoms with Crippen LogP contribution < -0.4 is 10.2 Å². The zero-order valence-electron chi connectivity index (χ0n) is 13.5. The first-order valence-corrected chi connectivity index (χ1v) is 8.36. The van der Waals surface area contributed by atoms with Gasteiger partial charge in [-0.3, -0.25) is 10.1 Å². The predicted molar refractivity (Wildman–Crippen MR) is 97.7 cm³/mol. The van der Waals surface area contributed by atoms with Gasteiger partial charge in [0.25, 0.3) is 5.91 Å². The molecule has 0 unspecified atom stereocenters. The van der Waals surface area contributed by atoms with Gasteiger partial charge in [0, 0.05) is 25.3 Å². The van der Waals surface area contributed by atoms with E-state index in [4.69, 9.17) is 0 Å². The van der Waals surface area contributed by atoms with Gasteiger partial charge in [0.15, 0.2) is 5.13 Å². The van der Waals surface area contributed by atoms with Crippen molar-refractivity contribution in [3.05, 3.63) is 53.6 Å². The van der Waals surface area contributed by atoms with Gasteiger partial charge < -0.3 is 4.90 Å². The second kappa shape index (κ2) is 6.38. The summed E-state index contributed by atoms with van der Waals surface area (Å²) in [5.41, 5.74) is 3.82. The fraction of sp³-hybridized carbons (Fsp3) is 0.222. The van der Waals surface area contributed by atoms with Crippen molar-refractivity contribution in [3.63, 3.8) is 0 Å². The largest absolute Gasteiger partial charge is 0.378 e. The summed E-state index contributed by atoms with van der Waals surface area (Å²) in [5, 5.41) is 3.53. The highest BCUT2D eigenvalue weighted by Gasteiger charge is 2.11. The third kappa shape index (κ3) is 3.35. The molecule has 0 radical (unpaired) electrons. The van der Waals surface area contributed by atoms with Crippen LogP contribution in [0, 0.1) is 0 Å². The molecule has 0 saturated carbocycles. The number of rotatable bonds is 4. The molecular weight excluding hydrogens is 306 g/mol. The van der Waals surface area contributed by atoms with Crippen molar-refractivity contribution in [1.82, 2.24) is 4.98 Å². The molecule has 0 aliphatic heterocycles. The Balaban J connectivity index is 1.83. The molecule has 0 bridgehead atoms. The van der Waals surface area contributed by atoms with Gasteiger partial charge in [-0.2, -0.15) is 0 Å². The van der Waals surface area contributed by atoms with Crippen LogP contribution in [0.5, 0.6) is 0 Å². The van der Waals surface area contributed by atoms with Crippen LogP contribution in [0.3, 0.4) is 0 Å². The van der Waals surface area contributed by atoms with Gasteiger partial charge in [0.05, 0.1) is 10.2 Å². The van der Waals surface area contributed by atoms with Crippen LogP contribution in [0.1, 0.15) is 22.8 Å². The summed E-state index contributed by atoms with van der Waals surface area (Å²) in [7, 11) is 3.91. The first-order chi connectivity index (χ1) is 11.1. The minimum atomic E-state index is -0.136. The lowest BCUT2D eigenvalue weighted by molar-refractivity contribution is 0.102. The van der Waals surface area contributed by atoms with E-state index in [9.17, 15) is 4.79 Å². The van der Waals surface area contributed by atoms with Gasteiger partial charge >= 0.3 is 0 Å². The molecule has 0 aliphatic rings. The van der Waals surface area contributed by atoms with Crippen LogP contribution >= 0.6 is 11.3 Å². The van der Waals surface area contributed by atoms with Crippen molar-refractivity contribution in [2.45, 2.75) is 13.3 Å². The van der Waals surface area contributed by atoms with Gasteiger partial charge in [-0.15, -0.1) is 0 Å². The van der Waals surface area contributed by atoms with Gasteiger partial charge in [-0.1, -0.05) is 30.4 Å². The lowest BCUT2D eigenvalue weighted by atomic mass is 10.2. The highest BCUT2D eigenvalue weighted by Crippen LogP contribution is 2.27. The van der Waals surface area contributed by atoms with E-state index in [1.54, 1.807) is 0 Å². The zero-order chi connectivity index (χ0) is 16.4. The van der Waals surface area contributed by atoms with Crippen LogP contribution in [0.4, 0.5) is 10.8 Å². The van der Waals surface area contributed by atoms with E-state index in [0.717, 1.165) is 22.3 Å². The molecule has 23 heavy (non-hydrogen) atoms. The minimum absolute atomic E-state index is 0.136. The number of aryl methyl sites for hydroxylation is 1. The molecule has 0 fully saturated rings. The highest BCUT2D eigenvalue weighted by molar-refractivity contribution is 7.22. The smallest absolute Gasteiger partial charge is 0.257 e. The van der Waals surface area contributed by atoms with E-state index in [2.05, 4.69) is 29.4 Å². The summed E-state index contributed by atoms with van der Waals surface area (Å²) in [6.45, 7) is 2.13. The average molecular weight is 325 g/mol. The Labute approximate surface area is 139 Å². The normalized spacial score (nSPS) is 10.7. The topological polar surface area (TPSA) is 45.2 Å². The molecule has 0 atom stereocenters. The van der Waals surface area contributed by atoms with Crippen LogP contribution in [0.15, 0.2) is 42.5 Å². The molecule has 0 aliphatic carbocycles. The van der Waals surface area contributed by atoms with Crippen molar-refractivity contribution in [2.24, 2.45) is 0 Å². The van der Waals surface area contributed by atoms with Gasteiger partial charge in [-0.05, 0) is 42.3 Å². The molecule has 2 aromatic carbocycles. The number of thiazole rings is 1. The summed E-state index contributed by atoms with van der Waals surface area (Å²) in [6, 6.07) is 13.8. The third-order valence-electron chi connectivity index (χ3n) is 3.71. The molecule has 1 amide bonds. The van der Waals surface area contributed by atoms with Crippen molar-refractivity contribution >= 4 is 38.3 Å². The van der Waals surface area contributed by atoms with Gasteiger partial charge in [0.1, 0.15) is 0 Å². The number of amides is 1. The third-order valence-corrected chi connectivity index (χ3v) is 4.64. The molecule has 3 rings (SSSR count). The number of aromatic nitrogens is 1. The van der Waals surface area contributed by atoms with Crippen LogP contribution in [-0.2, 0) is 6.42 Å². The standard InChI is InChI=1S/C18H19N3OS/c1-4-12-8-9-15-16(10-12)23-18(19-15)20-17(22)13-6-5-7-14(11-13)21(2)3/h5-11H,4H2,1-3H3,(H,19,20,22). The zero-order valence-corrected chi connectivity index (χ0v) is 14.3. The molecule has 1 aromatic heterocycles. The fourth-order valence-electron chi connectivity index (χ4n) is 2.34.